The number of pyridine rings is 1. The van der Waals surface area contributed by atoms with Gasteiger partial charge in [0.15, 0.2) is 5.65 Å². The van der Waals surface area contributed by atoms with Gasteiger partial charge in [0.2, 0.25) is 0 Å². The van der Waals surface area contributed by atoms with Crippen LogP contribution in [0.4, 0.5) is 5.82 Å². The standard InChI is InChI=1S/C12H16N4O/c1-12(6-3-7-17-12)11-14-8-4-5-9(13-2)15-10(8)16-11/h4-5H,3,6-7H2,1-2H3,(H2,13,14,15,16). The zero-order valence-electron chi connectivity index (χ0n) is 10.1. The minimum atomic E-state index is -0.277. The molecule has 0 bridgehead atoms. The third-order valence-electron chi connectivity index (χ3n) is 3.32. The predicted molar refractivity (Wildman–Crippen MR) is 66.0 cm³/mol. The number of nitrogens with zero attached hydrogens (tertiary/aromatic N) is 2. The zero-order valence-corrected chi connectivity index (χ0v) is 10.1. The van der Waals surface area contributed by atoms with Gasteiger partial charge in [0, 0.05) is 13.7 Å². The maximum absolute atomic E-state index is 5.78. The molecule has 2 aromatic rings. The Morgan fingerprint density at radius 2 is 2.29 bits per heavy atom. The zero-order chi connectivity index (χ0) is 11.9. The number of aromatic nitrogens is 3. The van der Waals surface area contributed by atoms with Gasteiger partial charge < -0.3 is 15.0 Å². The second-order valence-corrected chi connectivity index (χ2v) is 4.59. The predicted octanol–water partition coefficient (Wildman–Crippen LogP) is 2.03. The van der Waals surface area contributed by atoms with Crippen LogP contribution >= 0.6 is 0 Å². The van der Waals surface area contributed by atoms with Crippen molar-refractivity contribution in [2.75, 3.05) is 19.0 Å². The van der Waals surface area contributed by atoms with E-state index in [0.717, 1.165) is 42.3 Å². The summed E-state index contributed by atoms with van der Waals surface area (Å²) >= 11 is 0. The largest absolute Gasteiger partial charge is 0.373 e. The van der Waals surface area contributed by atoms with Crippen molar-refractivity contribution < 1.29 is 4.74 Å². The molecule has 0 saturated carbocycles. The fraction of sp³-hybridized carbons (Fsp3) is 0.500. The number of aromatic amines is 1. The molecule has 5 heteroatoms. The Bertz CT molecular complexity index is 542. The lowest BCUT2D eigenvalue weighted by Crippen LogP contribution is -2.21. The van der Waals surface area contributed by atoms with Gasteiger partial charge in [-0.05, 0) is 31.9 Å². The van der Waals surface area contributed by atoms with Crippen LogP contribution in [0.3, 0.4) is 0 Å². The summed E-state index contributed by atoms with van der Waals surface area (Å²) in [4.78, 5) is 12.3. The van der Waals surface area contributed by atoms with Crippen LogP contribution < -0.4 is 5.32 Å². The second kappa shape index (κ2) is 3.70. The number of H-pyrrole nitrogens is 1. The van der Waals surface area contributed by atoms with E-state index in [1.165, 1.54) is 0 Å². The number of nitrogens with one attached hydrogen (secondary N) is 2. The molecule has 17 heavy (non-hydrogen) atoms. The minimum Gasteiger partial charge on any atom is -0.373 e. The first-order valence-electron chi connectivity index (χ1n) is 5.90. The lowest BCUT2D eigenvalue weighted by molar-refractivity contribution is 0.0103. The number of fused-ring (bicyclic) bond motifs is 1. The van der Waals surface area contributed by atoms with Crippen LogP contribution in [0, 0.1) is 0 Å². The van der Waals surface area contributed by atoms with Crippen LogP contribution in [0.15, 0.2) is 12.1 Å². The Morgan fingerprint density at radius 1 is 1.41 bits per heavy atom. The van der Waals surface area contributed by atoms with E-state index >= 15 is 0 Å². The topological polar surface area (TPSA) is 62.8 Å². The molecule has 1 aliphatic rings. The normalized spacial score (nSPS) is 24.4. The van der Waals surface area contributed by atoms with Gasteiger partial charge >= 0.3 is 0 Å². The lowest BCUT2D eigenvalue weighted by Gasteiger charge is -2.19. The van der Waals surface area contributed by atoms with E-state index in [-0.39, 0.29) is 5.60 Å². The first kappa shape index (κ1) is 10.5. The number of imidazole rings is 1. The molecule has 0 radical (unpaired) electrons. The van der Waals surface area contributed by atoms with Gasteiger partial charge in [0.05, 0.1) is 5.52 Å². The fourth-order valence-electron chi connectivity index (χ4n) is 2.25. The molecule has 1 unspecified atom stereocenters. The summed E-state index contributed by atoms with van der Waals surface area (Å²) in [5.41, 5.74) is 1.42. The molecule has 2 aromatic heterocycles. The van der Waals surface area contributed by atoms with Gasteiger partial charge in [-0.15, -0.1) is 0 Å². The monoisotopic (exact) mass is 232 g/mol. The Morgan fingerprint density at radius 3 is 3.00 bits per heavy atom. The van der Waals surface area contributed by atoms with Crippen molar-refractivity contribution in [3.05, 3.63) is 18.0 Å². The third-order valence-corrected chi connectivity index (χ3v) is 3.32. The molecule has 3 heterocycles. The van der Waals surface area contributed by atoms with Gasteiger partial charge in [0.25, 0.3) is 0 Å². The molecule has 2 N–H and O–H groups in total. The van der Waals surface area contributed by atoms with Crippen LogP contribution in [0.2, 0.25) is 0 Å². The van der Waals surface area contributed by atoms with Gasteiger partial charge in [0.1, 0.15) is 17.2 Å². The molecule has 0 amide bonds. The highest BCUT2D eigenvalue weighted by atomic mass is 16.5. The maximum atomic E-state index is 5.78. The molecule has 1 saturated heterocycles. The fourth-order valence-corrected chi connectivity index (χ4v) is 2.25. The number of hydrogen-bond acceptors (Lipinski definition) is 4. The Kier molecular flexibility index (Phi) is 2.29. The third kappa shape index (κ3) is 1.67. The van der Waals surface area contributed by atoms with E-state index in [2.05, 4.69) is 27.2 Å². The second-order valence-electron chi connectivity index (χ2n) is 4.59. The van der Waals surface area contributed by atoms with Crippen molar-refractivity contribution in [2.45, 2.75) is 25.4 Å². The quantitative estimate of drug-likeness (QED) is 0.831. The van der Waals surface area contributed by atoms with E-state index in [9.17, 15) is 0 Å². The summed E-state index contributed by atoms with van der Waals surface area (Å²) in [6.07, 6.45) is 2.09. The molecule has 1 fully saturated rings. The van der Waals surface area contributed by atoms with Crippen LogP contribution in [0.1, 0.15) is 25.6 Å². The molecular weight excluding hydrogens is 216 g/mol. The molecular formula is C12H16N4O. The summed E-state index contributed by atoms with van der Waals surface area (Å²) in [5, 5.41) is 3.01. The van der Waals surface area contributed by atoms with Crippen molar-refractivity contribution in [3.63, 3.8) is 0 Å². The van der Waals surface area contributed by atoms with Crippen molar-refractivity contribution in [1.29, 1.82) is 0 Å². The first-order valence-corrected chi connectivity index (χ1v) is 5.90. The van der Waals surface area contributed by atoms with E-state index in [1.807, 2.05) is 19.2 Å². The van der Waals surface area contributed by atoms with Crippen LogP contribution in [-0.4, -0.2) is 28.6 Å². The Labute approximate surface area is 99.6 Å². The van der Waals surface area contributed by atoms with E-state index < -0.39 is 0 Å². The molecule has 0 aromatic carbocycles. The SMILES string of the molecule is CNc1ccc2[nH]c(C3(C)CCCO3)nc2n1. The van der Waals surface area contributed by atoms with Crippen molar-refractivity contribution in [3.8, 4) is 0 Å². The van der Waals surface area contributed by atoms with Crippen LogP contribution in [0.5, 0.6) is 0 Å². The summed E-state index contributed by atoms with van der Waals surface area (Å²) in [6, 6.07) is 3.92. The van der Waals surface area contributed by atoms with Crippen LogP contribution in [0.25, 0.3) is 11.2 Å². The minimum absolute atomic E-state index is 0.277. The van der Waals surface area contributed by atoms with Gasteiger partial charge in [-0.1, -0.05) is 0 Å². The molecule has 5 nitrogen and oxygen atoms in total. The maximum Gasteiger partial charge on any atom is 0.179 e. The van der Waals surface area contributed by atoms with Crippen LogP contribution in [-0.2, 0) is 10.3 Å². The molecule has 1 atom stereocenters. The molecule has 0 aliphatic carbocycles. The van der Waals surface area contributed by atoms with E-state index in [0.29, 0.717) is 0 Å². The highest BCUT2D eigenvalue weighted by Crippen LogP contribution is 2.34. The highest BCUT2D eigenvalue weighted by Gasteiger charge is 2.34. The number of hydrogen-bond donors (Lipinski definition) is 2. The summed E-state index contributed by atoms with van der Waals surface area (Å²) < 4.78 is 5.78. The average molecular weight is 232 g/mol. The summed E-state index contributed by atoms with van der Waals surface area (Å²) in [5.74, 6) is 1.71. The molecule has 1 aliphatic heterocycles. The number of ether oxygens (including phenoxy) is 1. The number of anilines is 1. The lowest BCUT2D eigenvalue weighted by atomic mass is 10.0. The van der Waals surface area contributed by atoms with Gasteiger partial charge in [-0.2, -0.15) is 0 Å². The van der Waals surface area contributed by atoms with Crippen molar-refractivity contribution in [2.24, 2.45) is 0 Å². The van der Waals surface area contributed by atoms with Crippen molar-refractivity contribution in [1.82, 2.24) is 15.0 Å². The number of rotatable bonds is 2. The first-order chi connectivity index (χ1) is 8.21. The molecule has 90 valence electrons. The summed E-state index contributed by atoms with van der Waals surface area (Å²) in [7, 11) is 1.85. The van der Waals surface area contributed by atoms with E-state index in [1.54, 1.807) is 0 Å². The van der Waals surface area contributed by atoms with E-state index in [4.69, 9.17) is 4.74 Å². The Hall–Kier alpha value is -1.62. The smallest absolute Gasteiger partial charge is 0.179 e. The van der Waals surface area contributed by atoms with Crippen molar-refractivity contribution >= 4 is 17.0 Å². The Balaban J connectivity index is 2.07. The molecule has 3 rings (SSSR count). The van der Waals surface area contributed by atoms with Gasteiger partial charge in [-0.25, -0.2) is 9.97 Å². The molecule has 0 spiro atoms. The summed E-state index contributed by atoms with van der Waals surface area (Å²) in [6.45, 7) is 2.89. The highest BCUT2D eigenvalue weighted by molar-refractivity contribution is 5.73. The van der Waals surface area contributed by atoms with Gasteiger partial charge in [-0.3, -0.25) is 0 Å². The average Bonchev–Trinajstić information content (AvgIpc) is 2.94.